The highest BCUT2D eigenvalue weighted by Crippen LogP contribution is 2.16. The maximum atomic E-state index is 10.9. The van der Waals surface area contributed by atoms with Crippen LogP contribution < -0.4 is 10.2 Å². The average Bonchev–Trinajstić information content (AvgIpc) is 2.45. The Morgan fingerprint density at radius 2 is 1.84 bits per heavy atom. The van der Waals surface area contributed by atoms with Crippen LogP contribution in [0.1, 0.15) is 15.9 Å². The van der Waals surface area contributed by atoms with Gasteiger partial charge >= 0.3 is 7.12 Å². The van der Waals surface area contributed by atoms with Gasteiger partial charge in [-0.1, -0.05) is 36.4 Å². The highest BCUT2D eigenvalue weighted by molar-refractivity contribution is 6.58. The van der Waals surface area contributed by atoms with Gasteiger partial charge in [-0.25, -0.2) is 0 Å². The molecule has 0 heterocycles. The average molecular weight is 256 g/mol. The fourth-order valence-corrected chi connectivity index (χ4v) is 1.67. The molecule has 2 aromatic rings. The second-order valence-electron chi connectivity index (χ2n) is 4.06. The van der Waals surface area contributed by atoms with E-state index in [1.807, 2.05) is 30.3 Å². The van der Waals surface area contributed by atoms with Gasteiger partial charge in [0, 0.05) is 0 Å². The van der Waals surface area contributed by atoms with E-state index in [0.29, 0.717) is 24.2 Å². The van der Waals surface area contributed by atoms with Crippen molar-refractivity contribution in [2.45, 2.75) is 6.61 Å². The van der Waals surface area contributed by atoms with Gasteiger partial charge in [-0.15, -0.1) is 0 Å². The topological polar surface area (TPSA) is 66.8 Å². The Hall–Kier alpha value is -2.11. The molecule has 0 unspecified atom stereocenters. The Kier molecular flexibility index (Phi) is 4.33. The SMILES string of the molecule is O=Cc1ccc(B(O)O)cc1OCc1ccccc1. The minimum atomic E-state index is -1.58. The number of rotatable bonds is 5. The van der Waals surface area contributed by atoms with Crippen molar-refractivity contribution in [1.29, 1.82) is 0 Å². The van der Waals surface area contributed by atoms with Crippen LogP contribution in [-0.4, -0.2) is 23.5 Å². The van der Waals surface area contributed by atoms with Gasteiger partial charge in [0.05, 0.1) is 5.56 Å². The summed E-state index contributed by atoms with van der Waals surface area (Å²) in [5.41, 5.74) is 1.63. The molecule has 0 atom stereocenters. The summed E-state index contributed by atoms with van der Waals surface area (Å²) in [6.07, 6.45) is 0.674. The first-order chi connectivity index (χ1) is 9.20. The second-order valence-corrected chi connectivity index (χ2v) is 4.06. The monoisotopic (exact) mass is 256 g/mol. The van der Waals surface area contributed by atoms with E-state index in [0.717, 1.165) is 5.56 Å². The summed E-state index contributed by atoms with van der Waals surface area (Å²) in [6, 6.07) is 13.9. The molecule has 2 aromatic carbocycles. The Balaban J connectivity index is 2.18. The lowest BCUT2D eigenvalue weighted by atomic mass is 9.80. The van der Waals surface area contributed by atoms with Gasteiger partial charge in [-0.3, -0.25) is 4.79 Å². The molecule has 0 aromatic heterocycles. The van der Waals surface area contributed by atoms with Gasteiger partial charge in [0.25, 0.3) is 0 Å². The summed E-state index contributed by atoms with van der Waals surface area (Å²) < 4.78 is 5.55. The zero-order chi connectivity index (χ0) is 13.7. The molecule has 0 aliphatic heterocycles. The molecular weight excluding hydrogens is 243 g/mol. The van der Waals surface area contributed by atoms with E-state index in [1.54, 1.807) is 0 Å². The fraction of sp³-hybridized carbons (Fsp3) is 0.0714. The van der Waals surface area contributed by atoms with Crippen LogP contribution >= 0.6 is 0 Å². The molecule has 0 aliphatic rings. The Morgan fingerprint density at radius 1 is 1.11 bits per heavy atom. The number of carbonyl (C=O) groups is 1. The van der Waals surface area contributed by atoms with Crippen LogP contribution in [0, 0.1) is 0 Å². The molecule has 96 valence electrons. The molecule has 0 saturated carbocycles. The van der Waals surface area contributed by atoms with Gasteiger partial charge < -0.3 is 14.8 Å². The third-order valence-electron chi connectivity index (χ3n) is 2.70. The Labute approximate surface area is 111 Å². The number of benzene rings is 2. The molecule has 0 saturated heterocycles. The quantitative estimate of drug-likeness (QED) is 0.612. The minimum Gasteiger partial charge on any atom is -0.488 e. The molecular formula is C14H13BO4. The second kappa shape index (κ2) is 6.18. The Morgan fingerprint density at radius 3 is 2.47 bits per heavy atom. The summed E-state index contributed by atoms with van der Waals surface area (Å²) in [6.45, 7) is 0.312. The van der Waals surface area contributed by atoms with Crippen molar-refractivity contribution in [2.75, 3.05) is 0 Å². The van der Waals surface area contributed by atoms with E-state index in [2.05, 4.69) is 0 Å². The summed E-state index contributed by atoms with van der Waals surface area (Å²) >= 11 is 0. The third kappa shape index (κ3) is 3.43. The van der Waals surface area contributed by atoms with E-state index >= 15 is 0 Å². The van der Waals surface area contributed by atoms with Gasteiger partial charge in [-0.05, 0) is 23.2 Å². The zero-order valence-corrected chi connectivity index (χ0v) is 10.2. The van der Waals surface area contributed by atoms with Gasteiger partial charge in [-0.2, -0.15) is 0 Å². The standard InChI is InChI=1S/C14H13BO4/c16-9-12-6-7-13(15(17)18)8-14(12)19-10-11-4-2-1-3-5-11/h1-9,17-18H,10H2. The maximum Gasteiger partial charge on any atom is 0.488 e. The van der Waals surface area contributed by atoms with Crippen LogP contribution in [0.2, 0.25) is 0 Å². The highest BCUT2D eigenvalue weighted by atomic mass is 16.5. The Bertz CT molecular complexity index is 555. The lowest BCUT2D eigenvalue weighted by Crippen LogP contribution is -2.29. The largest absolute Gasteiger partial charge is 0.488 e. The predicted octanol–water partition coefficient (Wildman–Crippen LogP) is 0.758. The normalized spacial score (nSPS) is 10.0. The lowest BCUT2D eigenvalue weighted by molar-refractivity contribution is 0.111. The zero-order valence-electron chi connectivity index (χ0n) is 10.2. The highest BCUT2D eigenvalue weighted by Gasteiger charge is 2.14. The molecule has 2 N–H and O–H groups in total. The van der Waals surface area contributed by atoms with E-state index in [-0.39, 0.29) is 5.46 Å². The van der Waals surface area contributed by atoms with Crippen LogP contribution in [0.15, 0.2) is 48.5 Å². The first-order valence-electron chi connectivity index (χ1n) is 5.82. The van der Waals surface area contributed by atoms with Crippen molar-refractivity contribution in [3.05, 3.63) is 59.7 Å². The van der Waals surface area contributed by atoms with Crippen molar-refractivity contribution < 1.29 is 19.6 Å². The van der Waals surface area contributed by atoms with Crippen molar-refractivity contribution in [2.24, 2.45) is 0 Å². The molecule has 0 aliphatic carbocycles. The molecule has 19 heavy (non-hydrogen) atoms. The van der Waals surface area contributed by atoms with Gasteiger partial charge in [0.1, 0.15) is 12.4 Å². The molecule has 0 amide bonds. The van der Waals surface area contributed by atoms with Crippen LogP contribution in [0.3, 0.4) is 0 Å². The summed E-state index contributed by atoms with van der Waals surface area (Å²) in [7, 11) is -1.58. The number of ether oxygens (including phenoxy) is 1. The molecule has 4 nitrogen and oxygen atoms in total. The first kappa shape index (κ1) is 13.3. The number of aldehydes is 1. The summed E-state index contributed by atoms with van der Waals surface area (Å²) in [5.74, 6) is 0.337. The smallest absolute Gasteiger partial charge is 0.488 e. The number of carbonyl (C=O) groups excluding carboxylic acids is 1. The molecule has 0 spiro atoms. The predicted molar refractivity (Wildman–Crippen MR) is 72.4 cm³/mol. The van der Waals surface area contributed by atoms with Crippen molar-refractivity contribution >= 4 is 18.9 Å². The third-order valence-corrected chi connectivity index (χ3v) is 2.70. The molecule has 2 rings (SSSR count). The number of hydrogen-bond donors (Lipinski definition) is 2. The number of hydrogen-bond acceptors (Lipinski definition) is 4. The molecule has 0 bridgehead atoms. The van der Waals surface area contributed by atoms with Crippen LogP contribution in [0.25, 0.3) is 0 Å². The van der Waals surface area contributed by atoms with Crippen molar-refractivity contribution in [1.82, 2.24) is 0 Å². The van der Waals surface area contributed by atoms with Crippen LogP contribution in [0.5, 0.6) is 5.75 Å². The lowest BCUT2D eigenvalue weighted by Gasteiger charge is -2.10. The van der Waals surface area contributed by atoms with Crippen LogP contribution in [0.4, 0.5) is 0 Å². The molecule has 0 fully saturated rings. The van der Waals surface area contributed by atoms with Crippen molar-refractivity contribution in [3.8, 4) is 5.75 Å². The summed E-state index contributed by atoms with van der Waals surface area (Å²) in [5, 5.41) is 18.2. The van der Waals surface area contributed by atoms with E-state index < -0.39 is 7.12 Å². The van der Waals surface area contributed by atoms with Crippen molar-refractivity contribution in [3.63, 3.8) is 0 Å². The fourth-order valence-electron chi connectivity index (χ4n) is 1.67. The van der Waals surface area contributed by atoms with E-state index in [1.165, 1.54) is 18.2 Å². The molecule has 5 heteroatoms. The van der Waals surface area contributed by atoms with E-state index in [4.69, 9.17) is 14.8 Å². The van der Waals surface area contributed by atoms with Crippen LogP contribution in [-0.2, 0) is 6.61 Å². The van der Waals surface area contributed by atoms with Gasteiger partial charge in [0.15, 0.2) is 6.29 Å². The minimum absolute atomic E-state index is 0.286. The van der Waals surface area contributed by atoms with Gasteiger partial charge in [0.2, 0.25) is 0 Å². The first-order valence-corrected chi connectivity index (χ1v) is 5.82. The maximum absolute atomic E-state index is 10.9. The molecule has 0 radical (unpaired) electrons. The summed E-state index contributed by atoms with van der Waals surface area (Å²) in [4.78, 5) is 10.9. The van der Waals surface area contributed by atoms with E-state index in [9.17, 15) is 4.79 Å².